The minimum atomic E-state index is -4.47. The third-order valence-electron chi connectivity index (χ3n) is 1.21. The van der Waals surface area contributed by atoms with Crippen LogP contribution in [0.25, 0.3) is 0 Å². The first-order chi connectivity index (χ1) is 5.02. The average molecular weight is 202 g/mol. The van der Waals surface area contributed by atoms with Gasteiger partial charge in [-0.3, -0.25) is 0 Å². The molecule has 0 saturated carbocycles. The Kier molecular flexibility index (Phi) is 4.79. The van der Waals surface area contributed by atoms with Crippen LogP contribution in [0.5, 0.6) is 5.75 Å². The molecule has 0 aliphatic rings. The third kappa shape index (κ3) is 3.06. The Hall–Kier alpha value is 0.446. The molecule has 1 N–H and O–H groups in total. The van der Waals surface area contributed by atoms with E-state index in [1.807, 2.05) is 0 Å². The average Bonchev–Trinajstić information content (AvgIpc) is 1.86. The summed E-state index contributed by atoms with van der Waals surface area (Å²) in [5.41, 5.74) is -1.000. The van der Waals surface area contributed by atoms with Crippen molar-refractivity contribution >= 4 is 51.4 Å². The summed E-state index contributed by atoms with van der Waals surface area (Å²) < 4.78 is 35.7. The normalized spacial score (nSPS) is 10.6. The van der Waals surface area contributed by atoms with Gasteiger partial charge in [-0.05, 0) is 12.1 Å². The number of phenolic OH excluding ortho intramolecular Hbond substituents is 1. The van der Waals surface area contributed by atoms with Gasteiger partial charge in [-0.25, -0.2) is 0 Å². The fourth-order valence-electron chi connectivity index (χ4n) is 0.713. The second-order valence-electron chi connectivity index (χ2n) is 2.01. The van der Waals surface area contributed by atoms with Crippen molar-refractivity contribution in [1.29, 1.82) is 0 Å². The Morgan fingerprint density at radius 1 is 1.08 bits per heavy atom. The number of rotatable bonds is 0. The number of benzene rings is 1. The van der Waals surface area contributed by atoms with Crippen molar-refractivity contribution in [3.8, 4) is 5.75 Å². The van der Waals surface area contributed by atoms with Crippen LogP contribution in [-0.2, 0) is 6.18 Å². The standard InChI is InChI=1S/C7H5F3O.K.H/c8-7(9,10)5-3-1-2-4-6(5)11;;/h1-4,11H;;. The van der Waals surface area contributed by atoms with Crippen LogP contribution in [0.15, 0.2) is 24.3 Å². The molecule has 0 atom stereocenters. The van der Waals surface area contributed by atoms with Crippen LogP contribution in [-0.4, -0.2) is 56.5 Å². The van der Waals surface area contributed by atoms with Crippen molar-refractivity contribution in [3.63, 3.8) is 0 Å². The van der Waals surface area contributed by atoms with E-state index in [1.54, 1.807) is 0 Å². The summed E-state index contributed by atoms with van der Waals surface area (Å²) in [6.45, 7) is 0. The van der Waals surface area contributed by atoms with E-state index < -0.39 is 17.5 Å². The van der Waals surface area contributed by atoms with Gasteiger partial charge in [0.2, 0.25) is 0 Å². The molecule has 1 aromatic carbocycles. The Labute approximate surface area is 110 Å². The fourth-order valence-corrected chi connectivity index (χ4v) is 0.713. The zero-order chi connectivity index (χ0) is 8.48. The molecule has 12 heavy (non-hydrogen) atoms. The van der Waals surface area contributed by atoms with Crippen LogP contribution >= 0.6 is 0 Å². The van der Waals surface area contributed by atoms with Crippen molar-refractivity contribution < 1.29 is 18.3 Å². The summed E-state index contributed by atoms with van der Waals surface area (Å²) in [7, 11) is 0. The van der Waals surface area contributed by atoms with E-state index in [4.69, 9.17) is 5.11 Å². The molecule has 0 aliphatic carbocycles. The summed E-state index contributed by atoms with van der Waals surface area (Å²) in [6, 6.07) is 4.39. The van der Waals surface area contributed by atoms with Gasteiger partial charge in [0.05, 0.1) is 5.56 Å². The topological polar surface area (TPSA) is 20.2 Å². The van der Waals surface area contributed by atoms with Crippen LogP contribution in [0.2, 0.25) is 0 Å². The maximum atomic E-state index is 11.9. The Morgan fingerprint density at radius 2 is 1.58 bits per heavy atom. The molecule has 0 unspecified atom stereocenters. The van der Waals surface area contributed by atoms with Crippen molar-refractivity contribution in [2.24, 2.45) is 0 Å². The van der Waals surface area contributed by atoms with E-state index in [9.17, 15) is 13.2 Å². The molecule has 62 valence electrons. The van der Waals surface area contributed by atoms with Crippen LogP contribution in [0.4, 0.5) is 13.2 Å². The first-order valence-electron chi connectivity index (χ1n) is 2.87. The van der Waals surface area contributed by atoms with Crippen molar-refractivity contribution in [2.45, 2.75) is 6.18 Å². The van der Waals surface area contributed by atoms with Gasteiger partial charge in [-0.1, -0.05) is 12.1 Å². The molecular formula is C7H6F3KO. The summed E-state index contributed by atoms with van der Waals surface area (Å²) in [5.74, 6) is -0.736. The molecule has 0 amide bonds. The van der Waals surface area contributed by atoms with Crippen LogP contribution < -0.4 is 0 Å². The first kappa shape index (κ1) is 12.4. The monoisotopic (exact) mass is 202 g/mol. The van der Waals surface area contributed by atoms with E-state index in [0.29, 0.717) is 0 Å². The van der Waals surface area contributed by atoms with Crippen LogP contribution in [0.3, 0.4) is 0 Å². The van der Waals surface area contributed by atoms with E-state index in [-0.39, 0.29) is 51.4 Å². The van der Waals surface area contributed by atoms with Gasteiger partial charge in [-0.2, -0.15) is 13.2 Å². The zero-order valence-electron chi connectivity index (χ0n) is 5.39. The molecule has 0 aliphatic heterocycles. The van der Waals surface area contributed by atoms with Gasteiger partial charge in [-0.15, -0.1) is 0 Å². The number of hydrogen-bond donors (Lipinski definition) is 1. The van der Waals surface area contributed by atoms with Gasteiger partial charge in [0.15, 0.2) is 0 Å². The predicted octanol–water partition coefficient (Wildman–Crippen LogP) is 1.76. The molecule has 0 fully saturated rings. The van der Waals surface area contributed by atoms with Gasteiger partial charge < -0.3 is 5.11 Å². The fraction of sp³-hybridized carbons (Fsp3) is 0.143. The molecule has 1 nitrogen and oxygen atoms in total. The molecule has 0 spiro atoms. The SMILES string of the molecule is Oc1ccccc1C(F)(F)F.[KH]. The maximum absolute atomic E-state index is 11.9. The minimum absolute atomic E-state index is 0. The molecule has 0 saturated heterocycles. The molecular weight excluding hydrogens is 196 g/mol. The quantitative estimate of drug-likeness (QED) is 0.635. The Balaban J connectivity index is 0.00000121. The van der Waals surface area contributed by atoms with Crippen LogP contribution in [0, 0.1) is 0 Å². The molecule has 0 radical (unpaired) electrons. The second-order valence-corrected chi connectivity index (χ2v) is 2.01. The molecule has 0 heterocycles. The van der Waals surface area contributed by atoms with Gasteiger partial charge in [0.25, 0.3) is 0 Å². The van der Waals surface area contributed by atoms with E-state index in [0.717, 1.165) is 12.1 Å². The van der Waals surface area contributed by atoms with Crippen molar-refractivity contribution in [1.82, 2.24) is 0 Å². The van der Waals surface area contributed by atoms with Gasteiger partial charge in [0, 0.05) is 0 Å². The Morgan fingerprint density at radius 3 is 1.92 bits per heavy atom. The zero-order valence-corrected chi connectivity index (χ0v) is 5.39. The van der Waals surface area contributed by atoms with Gasteiger partial charge >= 0.3 is 57.6 Å². The number of para-hydroxylation sites is 1. The summed E-state index contributed by atoms with van der Waals surface area (Å²) in [5, 5.41) is 8.73. The van der Waals surface area contributed by atoms with Crippen molar-refractivity contribution in [3.05, 3.63) is 29.8 Å². The van der Waals surface area contributed by atoms with Crippen LogP contribution in [0.1, 0.15) is 5.56 Å². The number of halogens is 3. The van der Waals surface area contributed by atoms with E-state index >= 15 is 0 Å². The molecule has 0 bridgehead atoms. The van der Waals surface area contributed by atoms with Crippen molar-refractivity contribution in [2.75, 3.05) is 0 Å². The summed E-state index contributed by atoms with van der Waals surface area (Å²) in [6.07, 6.45) is -4.47. The molecule has 5 heteroatoms. The molecule has 0 aromatic heterocycles. The number of aromatic hydroxyl groups is 1. The Bertz CT molecular complexity index is 259. The van der Waals surface area contributed by atoms with E-state index in [2.05, 4.69) is 0 Å². The van der Waals surface area contributed by atoms with Gasteiger partial charge in [0.1, 0.15) is 5.75 Å². The third-order valence-corrected chi connectivity index (χ3v) is 1.21. The summed E-state index contributed by atoms with van der Waals surface area (Å²) >= 11 is 0. The number of alkyl halides is 3. The predicted molar refractivity (Wildman–Crippen MR) is 40.3 cm³/mol. The first-order valence-corrected chi connectivity index (χ1v) is 2.87. The number of phenols is 1. The number of hydrogen-bond acceptors (Lipinski definition) is 1. The molecule has 1 rings (SSSR count). The van der Waals surface area contributed by atoms with E-state index in [1.165, 1.54) is 12.1 Å². The summed E-state index contributed by atoms with van der Waals surface area (Å²) in [4.78, 5) is 0. The second kappa shape index (κ2) is 4.62. The molecule has 1 aromatic rings.